The minimum absolute atomic E-state index is 0.230. The summed E-state index contributed by atoms with van der Waals surface area (Å²) in [6.07, 6.45) is 5.74. The highest BCUT2D eigenvalue weighted by atomic mass is 19.1. The molecule has 0 heterocycles. The first kappa shape index (κ1) is 10.6. The van der Waals surface area contributed by atoms with E-state index in [-0.39, 0.29) is 6.42 Å². The molecule has 0 aliphatic carbocycles. The molecule has 2 nitrogen and oxygen atoms in total. The lowest BCUT2D eigenvalue weighted by atomic mass is 10.2. The Bertz CT molecular complexity index is 207. The van der Waals surface area contributed by atoms with E-state index in [1.54, 1.807) is 6.08 Å². The van der Waals surface area contributed by atoms with Gasteiger partial charge < -0.3 is 5.11 Å². The van der Waals surface area contributed by atoms with Gasteiger partial charge in [0, 0.05) is 12.5 Å². The molecule has 0 aliphatic heterocycles. The molecular weight excluding hydrogens is 159 g/mol. The van der Waals surface area contributed by atoms with Crippen molar-refractivity contribution < 1.29 is 14.3 Å². The van der Waals surface area contributed by atoms with Crippen LogP contribution in [0.4, 0.5) is 4.39 Å². The van der Waals surface area contributed by atoms with Gasteiger partial charge in [-0.25, -0.2) is 9.18 Å². The molecule has 0 spiro atoms. The van der Waals surface area contributed by atoms with Gasteiger partial charge >= 0.3 is 5.97 Å². The third-order valence-corrected chi connectivity index (χ3v) is 1.10. The fourth-order valence-electron chi connectivity index (χ4n) is 0.521. The quantitative estimate of drug-likeness (QED) is 0.389. The Kier molecular flexibility index (Phi) is 5.61. The summed E-state index contributed by atoms with van der Waals surface area (Å²) in [6.45, 7) is 3.27. The zero-order chi connectivity index (χ0) is 9.40. The zero-order valence-corrected chi connectivity index (χ0v) is 6.61. The fourth-order valence-corrected chi connectivity index (χ4v) is 0.521. The van der Waals surface area contributed by atoms with E-state index in [0.29, 0.717) is 0 Å². The Morgan fingerprint density at radius 3 is 2.75 bits per heavy atom. The minimum Gasteiger partial charge on any atom is -0.478 e. The van der Waals surface area contributed by atoms with Gasteiger partial charge in [-0.1, -0.05) is 24.3 Å². The third-order valence-electron chi connectivity index (χ3n) is 1.10. The van der Waals surface area contributed by atoms with Crippen LogP contribution in [0.25, 0.3) is 0 Å². The first-order valence-electron chi connectivity index (χ1n) is 3.49. The van der Waals surface area contributed by atoms with Crippen LogP contribution in [0.5, 0.6) is 0 Å². The maximum absolute atomic E-state index is 12.4. The highest BCUT2D eigenvalue weighted by Gasteiger charge is 1.93. The summed E-state index contributed by atoms with van der Waals surface area (Å²) in [7, 11) is 0. The van der Waals surface area contributed by atoms with E-state index >= 15 is 0 Å². The van der Waals surface area contributed by atoms with Crippen LogP contribution in [0, 0.1) is 0 Å². The molecule has 0 saturated carbocycles. The molecule has 0 amide bonds. The van der Waals surface area contributed by atoms with Crippen molar-refractivity contribution in [2.24, 2.45) is 0 Å². The SMILES string of the molecule is C=CC(F)C/C=C/C=C/C(=O)O. The number of hydrogen-bond donors (Lipinski definition) is 1. The van der Waals surface area contributed by atoms with Gasteiger partial charge in [0.05, 0.1) is 0 Å². The first-order chi connectivity index (χ1) is 5.66. The van der Waals surface area contributed by atoms with Gasteiger partial charge in [-0.2, -0.15) is 0 Å². The Balaban J connectivity index is 3.63. The second kappa shape index (κ2) is 6.34. The zero-order valence-electron chi connectivity index (χ0n) is 6.61. The van der Waals surface area contributed by atoms with Crippen LogP contribution in [-0.4, -0.2) is 17.2 Å². The van der Waals surface area contributed by atoms with Gasteiger partial charge in [-0.15, -0.1) is 6.58 Å². The van der Waals surface area contributed by atoms with Gasteiger partial charge in [0.1, 0.15) is 6.17 Å². The highest BCUT2D eigenvalue weighted by molar-refractivity contribution is 5.80. The number of halogens is 1. The Morgan fingerprint density at radius 2 is 2.25 bits per heavy atom. The topological polar surface area (TPSA) is 37.3 Å². The largest absolute Gasteiger partial charge is 0.478 e. The molecule has 0 bridgehead atoms. The summed E-state index contributed by atoms with van der Waals surface area (Å²) in [5.41, 5.74) is 0. The lowest BCUT2D eigenvalue weighted by Crippen LogP contribution is -1.89. The van der Waals surface area contributed by atoms with Crippen molar-refractivity contribution >= 4 is 5.97 Å². The van der Waals surface area contributed by atoms with E-state index in [2.05, 4.69) is 6.58 Å². The average Bonchev–Trinajstić information content (AvgIpc) is 2.03. The van der Waals surface area contributed by atoms with Crippen molar-refractivity contribution in [3.8, 4) is 0 Å². The molecule has 0 aromatic rings. The molecule has 0 fully saturated rings. The molecule has 1 N–H and O–H groups in total. The number of carboxylic acid groups (broad SMARTS) is 1. The van der Waals surface area contributed by atoms with Gasteiger partial charge in [0.15, 0.2) is 0 Å². The predicted octanol–water partition coefficient (Wildman–Crippen LogP) is 2.10. The van der Waals surface area contributed by atoms with Gasteiger partial charge in [-0.3, -0.25) is 0 Å². The maximum Gasteiger partial charge on any atom is 0.328 e. The van der Waals surface area contributed by atoms with E-state index in [1.807, 2.05) is 0 Å². The van der Waals surface area contributed by atoms with Crippen LogP contribution in [-0.2, 0) is 4.79 Å². The molecular formula is C9H11FO2. The predicted molar refractivity (Wildman–Crippen MR) is 45.6 cm³/mol. The van der Waals surface area contributed by atoms with Crippen LogP contribution in [0.2, 0.25) is 0 Å². The third kappa shape index (κ3) is 6.74. The molecule has 66 valence electrons. The number of allylic oxidation sites excluding steroid dienone is 4. The molecule has 1 atom stereocenters. The number of alkyl halides is 1. The summed E-state index contributed by atoms with van der Waals surface area (Å²) in [6, 6.07) is 0. The smallest absolute Gasteiger partial charge is 0.328 e. The van der Waals surface area contributed by atoms with Crippen LogP contribution in [0.1, 0.15) is 6.42 Å². The molecule has 0 rings (SSSR count). The highest BCUT2D eigenvalue weighted by Crippen LogP contribution is 1.99. The van der Waals surface area contributed by atoms with Gasteiger partial charge in [0.25, 0.3) is 0 Å². The Labute approximate surface area is 70.7 Å². The summed E-state index contributed by atoms with van der Waals surface area (Å²) in [4.78, 5) is 9.94. The fraction of sp³-hybridized carbons (Fsp3) is 0.222. The molecule has 0 aromatic carbocycles. The van der Waals surface area contributed by atoms with E-state index < -0.39 is 12.1 Å². The van der Waals surface area contributed by atoms with Crippen LogP contribution in [0.15, 0.2) is 37.0 Å². The molecule has 1 unspecified atom stereocenters. The van der Waals surface area contributed by atoms with Crippen molar-refractivity contribution in [1.29, 1.82) is 0 Å². The van der Waals surface area contributed by atoms with Crippen molar-refractivity contribution in [1.82, 2.24) is 0 Å². The normalized spacial score (nSPS) is 13.8. The number of aliphatic carboxylic acids is 1. The molecule has 12 heavy (non-hydrogen) atoms. The number of hydrogen-bond acceptors (Lipinski definition) is 1. The van der Waals surface area contributed by atoms with Crippen LogP contribution >= 0.6 is 0 Å². The van der Waals surface area contributed by atoms with E-state index in [9.17, 15) is 9.18 Å². The molecule has 0 saturated heterocycles. The van der Waals surface area contributed by atoms with Crippen LogP contribution in [0.3, 0.4) is 0 Å². The summed E-state index contributed by atoms with van der Waals surface area (Å²) in [5, 5.41) is 8.16. The monoisotopic (exact) mass is 170 g/mol. The second-order valence-corrected chi connectivity index (χ2v) is 2.11. The van der Waals surface area contributed by atoms with E-state index in [4.69, 9.17) is 5.11 Å². The minimum atomic E-state index is -1.06. The standard InChI is InChI=1S/C9H11FO2/c1-2-8(10)6-4-3-5-7-9(11)12/h2-5,7-8H,1,6H2,(H,11,12)/b4-3+,7-5+. The summed E-state index contributed by atoms with van der Waals surface area (Å²) in [5.74, 6) is -1.01. The van der Waals surface area contributed by atoms with Crippen molar-refractivity contribution in [3.05, 3.63) is 37.0 Å². The van der Waals surface area contributed by atoms with Crippen molar-refractivity contribution in [2.75, 3.05) is 0 Å². The Morgan fingerprint density at radius 1 is 1.58 bits per heavy atom. The average molecular weight is 170 g/mol. The van der Waals surface area contributed by atoms with Gasteiger partial charge in [0.2, 0.25) is 0 Å². The summed E-state index contributed by atoms with van der Waals surface area (Å²) >= 11 is 0. The second-order valence-electron chi connectivity index (χ2n) is 2.11. The maximum atomic E-state index is 12.4. The molecule has 0 aromatic heterocycles. The number of carboxylic acids is 1. The number of carbonyl (C=O) groups is 1. The lowest BCUT2D eigenvalue weighted by Gasteiger charge is -1.92. The van der Waals surface area contributed by atoms with E-state index in [1.165, 1.54) is 18.2 Å². The van der Waals surface area contributed by atoms with Gasteiger partial charge in [-0.05, 0) is 0 Å². The van der Waals surface area contributed by atoms with E-state index in [0.717, 1.165) is 6.08 Å². The number of rotatable bonds is 5. The Hall–Kier alpha value is -1.38. The lowest BCUT2D eigenvalue weighted by molar-refractivity contribution is -0.131. The molecule has 3 heteroatoms. The molecule has 0 aliphatic rings. The molecule has 0 radical (unpaired) electrons. The summed E-state index contributed by atoms with van der Waals surface area (Å²) < 4.78 is 12.4. The van der Waals surface area contributed by atoms with Crippen molar-refractivity contribution in [2.45, 2.75) is 12.6 Å². The van der Waals surface area contributed by atoms with Crippen LogP contribution < -0.4 is 0 Å². The van der Waals surface area contributed by atoms with Crippen molar-refractivity contribution in [3.63, 3.8) is 0 Å². The first-order valence-corrected chi connectivity index (χ1v) is 3.49.